The smallest absolute Gasteiger partial charge is 0.311 e. The van der Waals surface area contributed by atoms with Gasteiger partial charge in [0.25, 0.3) is 0 Å². The van der Waals surface area contributed by atoms with Gasteiger partial charge in [0.05, 0.1) is 24.5 Å². The van der Waals surface area contributed by atoms with Gasteiger partial charge >= 0.3 is 5.97 Å². The lowest BCUT2D eigenvalue weighted by Gasteiger charge is -2.08. The Morgan fingerprint density at radius 3 is 2.92 bits per heavy atom. The molecule has 136 valence electrons. The molecule has 0 saturated heterocycles. The summed E-state index contributed by atoms with van der Waals surface area (Å²) in [5.74, 6) is -0.220. The minimum absolute atomic E-state index is 0.138. The van der Waals surface area contributed by atoms with Crippen molar-refractivity contribution in [3.8, 4) is 5.40 Å². The number of esters is 1. The molecule has 9 heteroatoms. The van der Waals surface area contributed by atoms with Gasteiger partial charge in [-0.2, -0.15) is 5.26 Å². The number of thiazole rings is 1. The first-order valence-corrected chi connectivity index (χ1v) is 10.4. The van der Waals surface area contributed by atoms with E-state index in [1.54, 1.807) is 24.4 Å². The molecule has 0 bridgehead atoms. The molecule has 26 heavy (non-hydrogen) atoms. The van der Waals surface area contributed by atoms with Crippen molar-refractivity contribution in [2.75, 3.05) is 17.7 Å². The zero-order chi connectivity index (χ0) is 18.9. The molecule has 0 atom stereocenters. The third-order valence-corrected chi connectivity index (χ3v) is 5.77. The molecule has 1 N–H and O–H groups in total. The quantitative estimate of drug-likeness (QED) is 0.403. The number of thioether (sulfide) groups is 2. The monoisotopic (exact) mass is 407 g/mol. The molecule has 0 saturated carbocycles. The van der Waals surface area contributed by atoms with Crippen molar-refractivity contribution in [1.82, 2.24) is 4.98 Å². The summed E-state index contributed by atoms with van der Waals surface area (Å²) in [6, 6.07) is 5.45. The number of amides is 1. The standard InChI is InChI=1S/C17H17N3O3S3/c1-3-23-16(22)7-12-8-24-17(19-12)25-9-15(21)20-14-5-4-13(26-10-18)6-11(14)2/h4-6,8H,3,7,9H2,1-2H3,(H,20,21). The van der Waals surface area contributed by atoms with Gasteiger partial charge in [0.1, 0.15) is 5.40 Å². The molecule has 0 aliphatic rings. The van der Waals surface area contributed by atoms with Gasteiger partial charge in [0.2, 0.25) is 5.91 Å². The number of aryl methyl sites for hydroxylation is 1. The maximum atomic E-state index is 12.1. The molecule has 0 unspecified atom stereocenters. The van der Waals surface area contributed by atoms with Crippen LogP contribution in [0.1, 0.15) is 18.2 Å². The summed E-state index contributed by atoms with van der Waals surface area (Å²) < 4.78 is 5.62. The summed E-state index contributed by atoms with van der Waals surface area (Å²) in [5.41, 5.74) is 2.27. The van der Waals surface area contributed by atoms with Gasteiger partial charge in [-0.05, 0) is 49.4 Å². The Labute approximate surface area is 164 Å². The average Bonchev–Trinajstić information content (AvgIpc) is 3.03. The first-order chi connectivity index (χ1) is 12.5. The van der Waals surface area contributed by atoms with Gasteiger partial charge in [-0.25, -0.2) is 4.98 Å². The summed E-state index contributed by atoms with van der Waals surface area (Å²) in [4.78, 5) is 28.7. The number of anilines is 1. The van der Waals surface area contributed by atoms with E-state index >= 15 is 0 Å². The van der Waals surface area contributed by atoms with Crippen LogP contribution < -0.4 is 5.32 Å². The first kappa shape index (κ1) is 20.3. The van der Waals surface area contributed by atoms with Crippen LogP contribution in [-0.4, -0.2) is 29.2 Å². The highest BCUT2D eigenvalue weighted by atomic mass is 32.2. The number of nitrogens with one attached hydrogen (secondary N) is 1. The predicted molar refractivity (Wildman–Crippen MR) is 104 cm³/mol. The Hall–Kier alpha value is -2.02. The lowest BCUT2D eigenvalue weighted by molar-refractivity contribution is -0.142. The number of aromatic nitrogens is 1. The lowest BCUT2D eigenvalue weighted by Crippen LogP contribution is -2.14. The molecule has 0 aliphatic heterocycles. The van der Waals surface area contributed by atoms with E-state index in [1.807, 2.05) is 18.4 Å². The second kappa shape index (κ2) is 10.2. The highest BCUT2D eigenvalue weighted by Crippen LogP contribution is 2.25. The van der Waals surface area contributed by atoms with Crippen LogP contribution in [0, 0.1) is 17.6 Å². The van der Waals surface area contributed by atoms with E-state index in [4.69, 9.17) is 10.00 Å². The third-order valence-electron chi connectivity index (χ3n) is 3.12. The second-order valence-corrected chi connectivity index (χ2v) is 8.03. The first-order valence-electron chi connectivity index (χ1n) is 7.71. The van der Waals surface area contributed by atoms with E-state index in [-0.39, 0.29) is 24.1 Å². The van der Waals surface area contributed by atoms with E-state index in [2.05, 4.69) is 10.3 Å². The van der Waals surface area contributed by atoms with Crippen molar-refractivity contribution < 1.29 is 14.3 Å². The number of rotatable bonds is 8. The maximum Gasteiger partial charge on any atom is 0.311 e. The SMILES string of the molecule is CCOC(=O)Cc1csc(SCC(=O)Nc2ccc(SC#N)cc2C)n1. The average molecular weight is 408 g/mol. The van der Waals surface area contributed by atoms with Crippen molar-refractivity contribution in [2.24, 2.45) is 0 Å². The Morgan fingerprint density at radius 2 is 2.23 bits per heavy atom. The van der Waals surface area contributed by atoms with Crippen LogP contribution in [0.5, 0.6) is 0 Å². The highest BCUT2D eigenvalue weighted by molar-refractivity contribution is 8.03. The fourth-order valence-electron chi connectivity index (χ4n) is 2.00. The van der Waals surface area contributed by atoms with Gasteiger partial charge in [0.15, 0.2) is 4.34 Å². The number of ether oxygens (including phenoxy) is 1. The topological polar surface area (TPSA) is 92.1 Å². The van der Waals surface area contributed by atoms with Crippen molar-refractivity contribution in [3.63, 3.8) is 0 Å². The number of hydrogen-bond donors (Lipinski definition) is 1. The lowest BCUT2D eigenvalue weighted by atomic mass is 10.2. The number of benzene rings is 1. The van der Waals surface area contributed by atoms with Crippen LogP contribution >= 0.6 is 34.9 Å². The fraction of sp³-hybridized carbons (Fsp3) is 0.294. The molecule has 0 spiro atoms. The summed E-state index contributed by atoms with van der Waals surface area (Å²) in [6.45, 7) is 3.99. The molecule has 0 radical (unpaired) electrons. The summed E-state index contributed by atoms with van der Waals surface area (Å²) in [7, 11) is 0. The number of nitriles is 1. The van der Waals surface area contributed by atoms with Crippen molar-refractivity contribution in [3.05, 3.63) is 34.8 Å². The Morgan fingerprint density at radius 1 is 1.42 bits per heavy atom. The minimum Gasteiger partial charge on any atom is -0.466 e. The summed E-state index contributed by atoms with van der Waals surface area (Å²) in [5, 5.41) is 15.4. The van der Waals surface area contributed by atoms with E-state index in [9.17, 15) is 9.59 Å². The van der Waals surface area contributed by atoms with Crippen molar-refractivity contribution >= 4 is 52.4 Å². The Kier molecular flexibility index (Phi) is 7.97. The van der Waals surface area contributed by atoms with Crippen LogP contribution in [-0.2, 0) is 20.7 Å². The predicted octanol–water partition coefficient (Wildman–Crippen LogP) is 3.86. The van der Waals surface area contributed by atoms with Crippen LogP contribution in [0.3, 0.4) is 0 Å². The van der Waals surface area contributed by atoms with E-state index < -0.39 is 0 Å². The molecule has 6 nitrogen and oxygen atoms in total. The molecule has 0 fully saturated rings. The van der Waals surface area contributed by atoms with Gasteiger partial charge in [-0.15, -0.1) is 11.3 Å². The summed E-state index contributed by atoms with van der Waals surface area (Å²) >= 11 is 3.80. The zero-order valence-electron chi connectivity index (χ0n) is 14.3. The number of nitrogens with zero attached hydrogens (tertiary/aromatic N) is 2. The normalized spacial score (nSPS) is 10.2. The molecule has 0 aliphatic carbocycles. The number of thiocyanates is 1. The molecular weight excluding hydrogens is 390 g/mol. The molecule has 1 heterocycles. The Balaban J connectivity index is 1.85. The van der Waals surface area contributed by atoms with E-state index in [0.29, 0.717) is 12.3 Å². The highest BCUT2D eigenvalue weighted by Gasteiger charge is 2.11. The largest absolute Gasteiger partial charge is 0.466 e. The number of carbonyl (C=O) groups excluding carboxylic acids is 2. The zero-order valence-corrected chi connectivity index (χ0v) is 16.7. The second-order valence-electron chi connectivity index (χ2n) is 5.09. The van der Waals surface area contributed by atoms with Crippen molar-refractivity contribution in [2.45, 2.75) is 29.5 Å². The van der Waals surface area contributed by atoms with Crippen LogP contribution in [0.15, 0.2) is 32.8 Å². The van der Waals surface area contributed by atoms with Crippen LogP contribution in [0.2, 0.25) is 0 Å². The summed E-state index contributed by atoms with van der Waals surface area (Å²) in [6.07, 6.45) is 0.142. The number of hydrogen-bond acceptors (Lipinski definition) is 8. The molecule has 1 amide bonds. The van der Waals surface area contributed by atoms with Crippen LogP contribution in [0.25, 0.3) is 0 Å². The molecule has 1 aromatic heterocycles. The van der Waals surface area contributed by atoms with Crippen LogP contribution in [0.4, 0.5) is 5.69 Å². The van der Waals surface area contributed by atoms with Crippen molar-refractivity contribution in [1.29, 1.82) is 5.26 Å². The number of carbonyl (C=O) groups is 2. The Bertz CT molecular complexity index is 830. The molecule has 1 aromatic carbocycles. The van der Waals surface area contributed by atoms with Gasteiger partial charge < -0.3 is 10.1 Å². The molecular formula is C17H17N3O3S3. The van der Waals surface area contributed by atoms with E-state index in [1.165, 1.54) is 23.1 Å². The maximum absolute atomic E-state index is 12.1. The van der Waals surface area contributed by atoms with Gasteiger partial charge in [-0.3, -0.25) is 9.59 Å². The molecule has 2 aromatic rings. The van der Waals surface area contributed by atoms with Gasteiger partial charge in [-0.1, -0.05) is 11.8 Å². The van der Waals surface area contributed by atoms with Gasteiger partial charge in [0, 0.05) is 16.0 Å². The fourth-order valence-corrected chi connectivity index (χ4v) is 4.12. The van der Waals surface area contributed by atoms with E-state index in [0.717, 1.165) is 32.2 Å². The third kappa shape index (κ3) is 6.37. The molecule has 2 rings (SSSR count). The minimum atomic E-state index is -0.305.